The van der Waals surface area contributed by atoms with Crippen molar-refractivity contribution in [1.29, 1.82) is 0 Å². The number of ether oxygens (including phenoxy) is 3. The Balaban J connectivity index is 1.54. The van der Waals surface area contributed by atoms with Crippen LogP contribution in [-0.2, 0) is 9.53 Å². The maximum absolute atomic E-state index is 11.9. The molecule has 0 unspecified atom stereocenters. The van der Waals surface area contributed by atoms with Gasteiger partial charge in [0.1, 0.15) is 18.4 Å². The maximum Gasteiger partial charge on any atom is 0.340 e. The highest BCUT2D eigenvalue weighted by Gasteiger charge is 2.14. The van der Waals surface area contributed by atoms with Crippen molar-refractivity contribution < 1.29 is 23.8 Å². The number of hydrogen-bond acceptors (Lipinski definition) is 6. The molecule has 1 aromatic heterocycles. The molecule has 3 rings (SSSR count). The number of amides is 1. The molecule has 0 fully saturated rings. The van der Waals surface area contributed by atoms with Crippen LogP contribution in [0.5, 0.6) is 11.5 Å². The number of aromatic nitrogens is 1. The van der Waals surface area contributed by atoms with Crippen LogP contribution in [0.15, 0.2) is 36.5 Å². The van der Waals surface area contributed by atoms with Crippen LogP contribution in [0.3, 0.4) is 0 Å². The van der Waals surface area contributed by atoms with Crippen LogP contribution in [0.1, 0.15) is 10.4 Å². The third-order valence-corrected chi connectivity index (χ3v) is 3.35. The van der Waals surface area contributed by atoms with Crippen molar-refractivity contribution in [3.05, 3.63) is 47.2 Å². The minimum atomic E-state index is -0.656. The summed E-state index contributed by atoms with van der Waals surface area (Å²) in [4.78, 5) is 27.4. The van der Waals surface area contributed by atoms with Gasteiger partial charge in [0, 0.05) is 18.0 Å². The lowest BCUT2D eigenvalue weighted by Gasteiger charge is -2.19. The zero-order valence-corrected chi connectivity index (χ0v) is 13.2. The Labute approximate surface area is 142 Å². The monoisotopic (exact) mass is 348 g/mol. The molecule has 2 heterocycles. The fourth-order valence-electron chi connectivity index (χ4n) is 2.03. The largest absolute Gasteiger partial charge is 0.486 e. The van der Waals surface area contributed by atoms with Crippen LogP contribution in [0.2, 0.25) is 5.15 Å². The highest BCUT2D eigenvalue weighted by atomic mass is 35.5. The van der Waals surface area contributed by atoms with Crippen molar-refractivity contribution in [3.63, 3.8) is 0 Å². The van der Waals surface area contributed by atoms with Crippen LogP contribution in [0.25, 0.3) is 0 Å². The summed E-state index contributed by atoms with van der Waals surface area (Å²) in [6.07, 6.45) is 1.28. The molecular formula is C16H13ClN2O5. The van der Waals surface area contributed by atoms with E-state index in [1.165, 1.54) is 18.3 Å². The van der Waals surface area contributed by atoms with Gasteiger partial charge in [0.2, 0.25) is 0 Å². The second-order valence-corrected chi connectivity index (χ2v) is 5.24. The fourth-order valence-corrected chi connectivity index (χ4v) is 2.14. The number of halogens is 1. The SMILES string of the molecule is O=C(COC(=O)c1ccc(Cl)nc1)Nc1ccc2c(c1)OCCO2. The lowest BCUT2D eigenvalue weighted by atomic mass is 10.2. The van der Waals surface area contributed by atoms with E-state index in [1.807, 2.05) is 0 Å². The first-order chi connectivity index (χ1) is 11.6. The molecule has 1 aliphatic rings. The summed E-state index contributed by atoms with van der Waals surface area (Å²) < 4.78 is 15.8. The summed E-state index contributed by atoms with van der Waals surface area (Å²) >= 11 is 5.64. The predicted molar refractivity (Wildman–Crippen MR) is 85.6 cm³/mol. The number of nitrogens with one attached hydrogen (secondary N) is 1. The van der Waals surface area contributed by atoms with Gasteiger partial charge in [-0.3, -0.25) is 4.79 Å². The number of rotatable bonds is 4. The van der Waals surface area contributed by atoms with Crippen molar-refractivity contribution in [2.45, 2.75) is 0 Å². The fraction of sp³-hybridized carbons (Fsp3) is 0.188. The van der Waals surface area contributed by atoms with Crippen LogP contribution >= 0.6 is 11.6 Å². The van der Waals surface area contributed by atoms with Crippen molar-refractivity contribution in [2.75, 3.05) is 25.1 Å². The lowest BCUT2D eigenvalue weighted by molar-refractivity contribution is -0.119. The van der Waals surface area contributed by atoms with E-state index in [1.54, 1.807) is 18.2 Å². The molecule has 1 amide bonds. The first-order valence-electron chi connectivity index (χ1n) is 7.10. The number of anilines is 1. The molecule has 24 heavy (non-hydrogen) atoms. The van der Waals surface area contributed by atoms with E-state index in [4.69, 9.17) is 25.8 Å². The molecule has 124 valence electrons. The third kappa shape index (κ3) is 3.94. The minimum absolute atomic E-state index is 0.214. The number of esters is 1. The Morgan fingerprint density at radius 3 is 2.71 bits per heavy atom. The summed E-state index contributed by atoms with van der Waals surface area (Å²) in [6, 6.07) is 7.97. The highest BCUT2D eigenvalue weighted by molar-refractivity contribution is 6.29. The second kappa shape index (κ2) is 7.18. The molecule has 1 aromatic carbocycles. The summed E-state index contributed by atoms with van der Waals surface area (Å²) in [5, 5.41) is 2.89. The number of carbonyl (C=O) groups excluding carboxylic acids is 2. The van der Waals surface area contributed by atoms with Crippen LogP contribution < -0.4 is 14.8 Å². The molecule has 0 saturated heterocycles. The molecule has 0 atom stereocenters. The standard InChI is InChI=1S/C16H13ClN2O5/c17-14-4-1-10(8-18-14)16(21)24-9-15(20)19-11-2-3-12-13(7-11)23-6-5-22-12/h1-4,7-8H,5-6,9H2,(H,19,20). The normalized spacial score (nSPS) is 12.4. The van der Waals surface area contributed by atoms with Gasteiger partial charge in [0.15, 0.2) is 18.1 Å². The van der Waals surface area contributed by atoms with Gasteiger partial charge in [-0.15, -0.1) is 0 Å². The van der Waals surface area contributed by atoms with E-state index in [0.717, 1.165) is 0 Å². The Hall–Kier alpha value is -2.80. The van der Waals surface area contributed by atoms with Crippen molar-refractivity contribution >= 4 is 29.2 Å². The maximum atomic E-state index is 11.9. The number of hydrogen-bond donors (Lipinski definition) is 1. The number of pyridine rings is 1. The second-order valence-electron chi connectivity index (χ2n) is 4.85. The van der Waals surface area contributed by atoms with Gasteiger partial charge in [-0.05, 0) is 24.3 Å². The minimum Gasteiger partial charge on any atom is -0.486 e. The Morgan fingerprint density at radius 2 is 1.96 bits per heavy atom. The van der Waals surface area contributed by atoms with Gasteiger partial charge in [0.05, 0.1) is 5.56 Å². The average Bonchev–Trinajstić information content (AvgIpc) is 2.60. The van der Waals surface area contributed by atoms with E-state index in [9.17, 15) is 9.59 Å². The zero-order valence-electron chi connectivity index (χ0n) is 12.5. The summed E-state index contributed by atoms with van der Waals surface area (Å²) in [7, 11) is 0. The molecule has 8 heteroatoms. The molecule has 0 saturated carbocycles. The van der Waals surface area contributed by atoms with Gasteiger partial charge in [-0.1, -0.05) is 11.6 Å². The lowest BCUT2D eigenvalue weighted by Crippen LogP contribution is -2.21. The van der Waals surface area contributed by atoms with E-state index < -0.39 is 18.5 Å². The van der Waals surface area contributed by atoms with Gasteiger partial charge in [0.25, 0.3) is 5.91 Å². The Kier molecular flexibility index (Phi) is 4.81. The van der Waals surface area contributed by atoms with Crippen LogP contribution in [-0.4, -0.2) is 36.7 Å². The van der Waals surface area contributed by atoms with Gasteiger partial charge in [-0.25, -0.2) is 9.78 Å². The third-order valence-electron chi connectivity index (χ3n) is 3.12. The topological polar surface area (TPSA) is 86.8 Å². The van der Waals surface area contributed by atoms with Gasteiger partial charge >= 0.3 is 5.97 Å². The van der Waals surface area contributed by atoms with Crippen LogP contribution in [0.4, 0.5) is 5.69 Å². The zero-order chi connectivity index (χ0) is 16.9. The molecule has 0 spiro atoms. The van der Waals surface area contributed by atoms with E-state index in [0.29, 0.717) is 30.4 Å². The first kappa shape index (κ1) is 16.1. The van der Waals surface area contributed by atoms with Crippen molar-refractivity contribution in [1.82, 2.24) is 4.98 Å². The van der Waals surface area contributed by atoms with Crippen LogP contribution in [0, 0.1) is 0 Å². The summed E-state index contributed by atoms with van der Waals surface area (Å²) in [5.41, 5.74) is 0.736. The Morgan fingerprint density at radius 1 is 1.17 bits per heavy atom. The quantitative estimate of drug-likeness (QED) is 0.674. The van der Waals surface area contributed by atoms with E-state index in [2.05, 4.69) is 10.3 Å². The number of carbonyl (C=O) groups is 2. The number of nitrogens with zero attached hydrogens (tertiary/aromatic N) is 1. The molecule has 1 N–H and O–H groups in total. The molecule has 0 bridgehead atoms. The predicted octanol–water partition coefficient (Wildman–Crippen LogP) is 2.30. The van der Waals surface area contributed by atoms with E-state index >= 15 is 0 Å². The highest BCUT2D eigenvalue weighted by Crippen LogP contribution is 2.32. The van der Waals surface area contributed by atoms with Gasteiger partial charge in [-0.2, -0.15) is 0 Å². The number of fused-ring (bicyclic) bond motifs is 1. The van der Waals surface area contributed by atoms with Crippen molar-refractivity contribution in [2.24, 2.45) is 0 Å². The average molecular weight is 349 g/mol. The molecule has 7 nitrogen and oxygen atoms in total. The number of benzene rings is 1. The molecule has 2 aromatic rings. The molecule has 0 aliphatic carbocycles. The summed E-state index contributed by atoms with van der Waals surface area (Å²) in [6.45, 7) is 0.529. The Bertz CT molecular complexity index is 764. The smallest absolute Gasteiger partial charge is 0.340 e. The van der Waals surface area contributed by atoms with Crippen molar-refractivity contribution in [3.8, 4) is 11.5 Å². The molecular weight excluding hydrogens is 336 g/mol. The summed E-state index contributed by atoms with van der Waals surface area (Å²) in [5.74, 6) is 0.0580. The molecule has 1 aliphatic heterocycles. The van der Waals surface area contributed by atoms with E-state index in [-0.39, 0.29) is 10.7 Å². The van der Waals surface area contributed by atoms with Gasteiger partial charge < -0.3 is 19.5 Å². The molecule has 0 radical (unpaired) electrons. The first-order valence-corrected chi connectivity index (χ1v) is 7.48.